The van der Waals surface area contributed by atoms with E-state index in [2.05, 4.69) is 17.1 Å². The number of likely N-dealkylation sites (tertiary alicyclic amines) is 1. The van der Waals surface area contributed by atoms with Gasteiger partial charge in [-0.3, -0.25) is 0 Å². The molecule has 0 aromatic carbocycles. The molecule has 21 heavy (non-hydrogen) atoms. The van der Waals surface area contributed by atoms with Gasteiger partial charge in [0.15, 0.2) is 0 Å². The van der Waals surface area contributed by atoms with E-state index in [4.69, 9.17) is 4.74 Å². The lowest BCUT2D eigenvalue weighted by molar-refractivity contribution is 0.0256. The molecule has 0 saturated carbocycles. The van der Waals surface area contributed by atoms with Crippen LogP contribution >= 0.6 is 11.8 Å². The highest BCUT2D eigenvalue weighted by atomic mass is 32.2. The number of carbonyl (C=O) groups is 1. The molecule has 2 saturated heterocycles. The first-order chi connectivity index (χ1) is 9.94. The predicted octanol–water partition coefficient (Wildman–Crippen LogP) is 3.26. The van der Waals surface area contributed by atoms with Gasteiger partial charge in [-0.2, -0.15) is 11.8 Å². The predicted molar refractivity (Wildman–Crippen MR) is 88.9 cm³/mol. The number of ether oxygens (including phenoxy) is 1. The van der Waals surface area contributed by atoms with Crippen LogP contribution in [0.25, 0.3) is 0 Å². The van der Waals surface area contributed by atoms with Crippen LogP contribution in [0.1, 0.15) is 52.9 Å². The Balaban J connectivity index is 1.77. The molecule has 4 nitrogen and oxygen atoms in total. The van der Waals surface area contributed by atoms with E-state index in [0.29, 0.717) is 12.1 Å². The average molecular weight is 314 g/mol. The molecular weight excluding hydrogens is 284 g/mol. The summed E-state index contributed by atoms with van der Waals surface area (Å²) in [6.45, 7) is 7.41. The molecule has 0 aromatic rings. The number of nitrogens with zero attached hydrogens (tertiary/aromatic N) is 1. The summed E-state index contributed by atoms with van der Waals surface area (Å²) in [6, 6.07) is 1.22. The monoisotopic (exact) mass is 314 g/mol. The van der Waals surface area contributed by atoms with Crippen molar-refractivity contribution < 1.29 is 9.53 Å². The van der Waals surface area contributed by atoms with E-state index in [9.17, 15) is 4.79 Å². The third-order valence-corrected chi connectivity index (χ3v) is 5.23. The van der Waals surface area contributed by atoms with Crippen molar-refractivity contribution in [2.45, 2.75) is 70.6 Å². The van der Waals surface area contributed by atoms with E-state index in [1.54, 1.807) is 0 Å². The zero-order chi connectivity index (χ0) is 15.3. The van der Waals surface area contributed by atoms with Gasteiger partial charge in [0, 0.05) is 30.9 Å². The molecule has 5 heteroatoms. The van der Waals surface area contributed by atoms with E-state index in [-0.39, 0.29) is 6.09 Å². The molecule has 2 rings (SSSR count). The fraction of sp³-hybridized carbons (Fsp3) is 0.938. The Labute approximate surface area is 133 Å². The molecule has 0 bridgehead atoms. The average Bonchev–Trinajstić information content (AvgIpc) is 2.64. The van der Waals surface area contributed by atoms with Crippen molar-refractivity contribution in [3.05, 3.63) is 0 Å². The van der Waals surface area contributed by atoms with Crippen LogP contribution in [0.2, 0.25) is 0 Å². The number of nitrogens with one attached hydrogen (secondary N) is 1. The Kier molecular flexibility index (Phi) is 6.23. The molecule has 0 aliphatic carbocycles. The quantitative estimate of drug-likeness (QED) is 0.849. The summed E-state index contributed by atoms with van der Waals surface area (Å²) in [7, 11) is 0. The van der Waals surface area contributed by atoms with Crippen molar-refractivity contribution in [2.75, 3.05) is 24.6 Å². The SMILES string of the molecule is CC(C)(C)OC(=O)N1CCC[C@@H](N[C@H]2CCCSC2)CC1. The van der Waals surface area contributed by atoms with E-state index in [1.807, 2.05) is 25.7 Å². The zero-order valence-corrected chi connectivity index (χ0v) is 14.5. The van der Waals surface area contributed by atoms with Gasteiger partial charge < -0.3 is 15.0 Å². The lowest BCUT2D eigenvalue weighted by atomic mass is 10.1. The molecule has 0 spiro atoms. The summed E-state index contributed by atoms with van der Waals surface area (Å²) in [5.74, 6) is 2.56. The van der Waals surface area contributed by atoms with Gasteiger partial charge in [0.1, 0.15) is 5.60 Å². The molecule has 2 atom stereocenters. The molecule has 2 fully saturated rings. The van der Waals surface area contributed by atoms with E-state index in [0.717, 1.165) is 25.9 Å². The van der Waals surface area contributed by atoms with Crippen LogP contribution in [0, 0.1) is 0 Å². The normalized spacial score (nSPS) is 28.0. The van der Waals surface area contributed by atoms with Crippen molar-refractivity contribution >= 4 is 17.9 Å². The minimum atomic E-state index is -0.402. The summed E-state index contributed by atoms with van der Waals surface area (Å²) < 4.78 is 5.48. The minimum absolute atomic E-state index is 0.156. The lowest BCUT2D eigenvalue weighted by Gasteiger charge is -2.28. The summed E-state index contributed by atoms with van der Waals surface area (Å²) in [6.07, 6.45) is 5.76. The van der Waals surface area contributed by atoms with Crippen LogP contribution in [0.15, 0.2) is 0 Å². The molecule has 1 N–H and O–H groups in total. The van der Waals surface area contributed by atoms with Crippen LogP contribution in [-0.4, -0.2) is 53.3 Å². The summed E-state index contributed by atoms with van der Waals surface area (Å²) >= 11 is 2.06. The zero-order valence-electron chi connectivity index (χ0n) is 13.7. The minimum Gasteiger partial charge on any atom is -0.444 e. The Hall–Kier alpha value is -0.420. The molecule has 0 unspecified atom stereocenters. The van der Waals surface area contributed by atoms with Crippen LogP contribution < -0.4 is 5.32 Å². The van der Waals surface area contributed by atoms with Gasteiger partial charge in [-0.1, -0.05) is 0 Å². The molecular formula is C16H30N2O2S. The second-order valence-corrected chi connectivity index (χ2v) is 8.33. The Morgan fingerprint density at radius 2 is 1.90 bits per heavy atom. The molecule has 122 valence electrons. The van der Waals surface area contributed by atoms with Gasteiger partial charge in [0.25, 0.3) is 0 Å². The van der Waals surface area contributed by atoms with Gasteiger partial charge >= 0.3 is 6.09 Å². The molecule has 0 radical (unpaired) electrons. The van der Waals surface area contributed by atoms with Crippen LogP contribution in [-0.2, 0) is 4.74 Å². The van der Waals surface area contributed by atoms with Gasteiger partial charge in [-0.15, -0.1) is 0 Å². The number of amides is 1. The van der Waals surface area contributed by atoms with E-state index in [1.165, 1.54) is 30.8 Å². The van der Waals surface area contributed by atoms with Crippen molar-refractivity contribution in [3.8, 4) is 0 Å². The van der Waals surface area contributed by atoms with Crippen molar-refractivity contribution in [1.82, 2.24) is 10.2 Å². The molecule has 2 aliphatic heterocycles. The summed E-state index contributed by atoms with van der Waals surface area (Å²) in [5, 5.41) is 3.81. The Morgan fingerprint density at radius 1 is 1.14 bits per heavy atom. The highest BCUT2D eigenvalue weighted by molar-refractivity contribution is 7.99. The van der Waals surface area contributed by atoms with Crippen molar-refractivity contribution in [1.29, 1.82) is 0 Å². The third-order valence-electron chi connectivity index (χ3n) is 4.01. The number of carbonyl (C=O) groups excluding carboxylic acids is 1. The lowest BCUT2D eigenvalue weighted by Crippen LogP contribution is -2.42. The first kappa shape index (κ1) is 16.9. The highest BCUT2D eigenvalue weighted by Crippen LogP contribution is 2.20. The third kappa shape index (κ3) is 6.07. The van der Waals surface area contributed by atoms with Gasteiger partial charge in [-0.05, 0) is 58.6 Å². The van der Waals surface area contributed by atoms with Crippen molar-refractivity contribution in [3.63, 3.8) is 0 Å². The van der Waals surface area contributed by atoms with E-state index < -0.39 is 5.60 Å². The standard InChI is InChI=1S/C16H30N2O2S/c1-16(2,3)20-15(19)18-9-4-6-13(8-10-18)17-14-7-5-11-21-12-14/h13-14,17H,4-12H2,1-3H3/t13-,14+/m1/s1. The first-order valence-corrected chi connectivity index (χ1v) is 9.41. The van der Waals surface area contributed by atoms with Crippen molar-refractivity contribution in [2.24, 2.45) is 0 Å². The number of hydrogen-bond acceptors (Lipinski definition) is 4. The number of hydrogen-bond donors (Lipinski definition) is 1. The molecule has 2 heterocycles. The summed E-state index contributed by atoms with van der Waals surface area (Å²) in [5.41, 5.74) is -0.402. The van der Waals surface area contributed by atoms with Crippen LogP contribution in [0.3, 0.4) is 0 Å². The molecule has 2 aliphatic rings. The molecule has 0 aromatic heterocycles. The van der Waals surface area contributed by atoms with E-state index >= 15 is 0 Å². The fourth-order valence-corrected chi connectivity index (χ4v) is 4.06. The van der Waals surface area contributed by atoms with Gasteiger partial charge in [0.2, 0.25) is 0 Å². The smallest absolute Gasteiger partial charge is 0.410 e. The number of rotatable bonds is 2. The molecule has 1 amide bonds. The maximum Gasteiger partial charge on any atom is 0.410 e. The van der Waals surface area contributed by atoms with Gasteiger partial charge in [0.05, 0.1) is 0 Å². The first-order valence-electron chi connectivity index (χ1n) is 8.26. The van der Waals surface area contributed by atoms with Gasteiger partial charge in [-0.25, -0.2) is 4.79 Å². The second kappa shape index (κ2) is 7.73. The number of thioether (sulfide) groups is 1. The Bertz CT molecular complexity index is 338. The topological polar surface area (TPSA) is 41.6 Å². The largest absolute Gasteiger partial charge is 0.444 e. The van der Waals surface area contributed by atoms with Crippen LogP contribution in [0.4, 0.5) is 4.79 Å². The Morgan fingerprint density at radius 3 is 2.57 bits per heavy atom. The highest BCUT2D eigenvalue weighted by Gasteiger charge is 2.26. The fourth-order valence-electron chi connectivity index (χ4n) is 2.98. The summed E-state index contributed by atoms with van der Waals surface area (Å²) in [4.78, 5) is 14.0. The maximum absolute atomic E-state index is 12.1. The maximum atomic E-state index is 12.1. The van der Waals surface area contributed by atoms with Crippen LogP contribution in [0.5, 0.6) is 0 Å². The second-order valence-electron chi connectivity index (χ2n) is 7.18.